The number of rotatable bonds is 5. The van der Waals surface area contributed by atoms with Gasteiger partial charge in [-0.1, -0.05) is 30.3 Å². The quantitative estimate of drug-likeness (QED) is 0.748. The van der Waals surface area contributed by atoms with Crippen molar-refractivity contribution in [3.05, 3.63) is 62.5 Å². The minimum Gasteiger partial charge on any atom is -0.481 e. The first-order valence-corrected chi connectivity index (χ1v) is 9.67. The van der Waals surface area contributed by atoms with Crippen LogP contribution in [-0.4, -0.2) is 20.6 Å². The van der Waals surface area contributed by atoms with Crippen LogP contribution in [0, 0.1) is 6.92 Å². The van der Waals surface area contributed by atoms with E-state index in [4.69, 9.17) is 0 Å². The van der Waals surface area contributed by atoms with Gasteiger partial charge in [-0.25, -0.2) is 4.98 Å². The Balaban J connectivity index is 1.68. The molecule has 0 bridgehead atoms. The highest BCUT2D eigenvalue weighted by atomic mass is 32.1. The van der Waals surface area contributed by atoms with Crippen molar-refractivity contribution in [3.8, 4) is 0 Å². The van der Waals surface area contributed by atoms with Gasteiger partial charge in [-0.3, -0.25) is 14.2 Å². The van der Waals surface area contributed by atoms with Crippen molar-refractivity contribution in [2.75, 3.05) is 0 Å². The molecule has 0 aliphatic heterocycles. The number of nitrogens with zero attached hydrogens (tertiary/aromatic N) is 2. The average molecular weight is 368 g/mol. The molecule has 0 saturated carbocycles. The van der Waals surface area contributed by atoms with Gasteiger partial charge in [0.15, 0.2) is 0 Å². The molecular weight excluding hydrogens is 348 g/mol. The minimum atomic E-state index is -0.848. The Morgan fingerprint density at radius 3 is 2.85 bits per heavy atom. The number of aromatic nitrogens is 2. The fraction of sp³-hybridized carbons (Fsp3) is 0.350. The molecule has 0 saturated heterocycles. The van der Waals surface area contributed by atoms with Crippen molar-refractivity contribution in [1.29, 1.82) is 0 Å². The Kier molecular flexibility index (Phi) is 4.36. The Morgan fingerprint density at radius 1 is 1.35 bits per heavy atom. The van der Waals surface area contributed by atoms with Crippen LogP contribution in [0.2, 0.25) is 0 Å². The van der Waals surface area contributed by atoms with Gasteiger partial charge in [0.05, 0.1) is 11.3 Å². The van der Waals surface area contributed by atoms with Crippen molar-refractivity contribution in [2.24, 2.45) is 0 Å². The molecule has 1 unspecified atom stereocenters. The number of benzene rings is 1. The lowest BCUT2D eigenvalue weighted by Gasteiger charge is -2.11. The third-order valence-corrected chi connectivity index (χ3v) is 6.27. The number of carboxylic acid groups (broad SMARTS) is 1. The number of fused-ring (bicyclic) bond motifs is 3. The smallest absolute Gasteiger partial charge is 0.311 e. The van der Waals surface area contributed by atoms with E-state index in [0.29, 0.717) is 34.6 Å². The fourth-order valence-corrected chi connectivity index (χ4v) is 5.11. The molecule has 2 aromatic heterocycles. The highest BCUT2D eigenvalue weighted by Crippen LogP contribution is 2.42. The summed E-state index contributed by atoms with van der Waals surface area (Å²) in [6.07, 6.45) is 3.03. The predicted octanol–water partition coefficient (Wildman–Crippen LogP) is 3.51. The molecule has 1 aromatic carbocycles. The van der Waals surface area contributed by atoms with Crippen molar-refractivity contribution in [2.45, 2.75) is 45.1 Å². The normalized spacial score (nSPS) is 16.1. The zero-order valence-corrected chi connectivity index (χ0v) is 15.4. The molecule has 1 atom stereocenters. The summed E-state index contributed by atoms with van der Waals surface area (Å²) in [5.41, 5.74) is 1.87. The van der Waals surface area contributed by atoms with Crippen molar-refractivity contribution >= 4 is 27.5 Å². The predicted molar refractivity (Wildman–Crippen MR) is 102 cm³/mol. The second-order valence-corrected chi connectivity index (χ2v) is 7.84. The molecule has 0 radical (unpaired) electrons. The number of aliphatic carboxylic acids is 1. The van der Waals surface area contributed by atoms with Crippen LogP contribution >= 0.6 is 11.3 Å². The van der Waals surface area contributed by atoms with Gasteiger partial charge >= 0.3 is 5.97 Å². The molecule has 1 aliphatic rings. The van der Waals surface area contributed by atoms with Gasteiger partial charge in [0.1, 0.15) is 10.7 Å². The van der Waals surface area contributed by atoms with Gasteiger partial charge in [0.2, 0.25) is 0 Å². The summed E-state index contributed by atoms with van der Waals surface area (Å²) in [5, 5.41) is 10.0. The van der Waals surface area contributed by atoms with E-state index in [2.05, 4.69) is 17.1 Å². The molecule has 1 N–H and O–H groups in total. The summed E-state index contributed by atoms with van der Waals surface area (Å²) in [7, 11) is 0. The van der Waals surface area contributed by atoms with Crippen LogP contribution in [0.4, 0.5) is 0 Å². The van der Waals surface area contributed by atoms with E-state index in [1.165, 1.54) is 16.9 Å². The van der Waals surface area contributed by atoms with Gasteiger partial charge < -0.3 is 5.11 Å². The van der Waals surface area contributed by atoms with Crippen molar-refractivity contribution in [1.82, 2.24) is 9.55 Å². The van der Waals surface area contributed by atoms with E-state index >= 15 is 0 Å². The van der Waals surface area contributed by atoms with Gasteiger partial charge in [-0.15, -0.1) is 11.3 Å². The number of hydrogen-bond acceptors (Lipinski definition) is 4. The third-order valence-electron chi connectivity index (χ3n) is 5.11. The summed E-state index contributed by atoms with van der Waals surface area (Å²) < 4.78 is 1.70. The Bertz CT molecular complexity index is 1040. The lowest BCUT2D eigenvalue weighted by Crippen LogP contribution is -2.25. The van der Waals surface area contributed by atoms with E-state index in [9.17, 15) is 14.7 Å². The number of hydrogen-bond donors (Lipinski definition) is 1. The van der Waals surface area contributed by atoms with E-state index in [1.54, 1.807) is 4.57 Å². The first-order chi connectivity index (χ1) is 12.6. The average Bonchev–Trinajstić information content (AvgIpc) is 3.17. The topological polar surface area (TPSA) is 72.2 Å². The maximum Gasteiger partial charge on any atom is 0.311 e. The second kappa shape index (κ2) is 6.68. The van der Waals surface area contributed by atoms with E-state index in [1.807, 2.05) is 25.1 Å². The molecule has 5 nitrogen and oxygen atoms in total. The largest absolute Gasteiger partial charge is 0.481 e. The van der Waals surface area contributed by atoms with E-state index < -0.39 is 11.9 Å². The molecule has 0 amide bonds. The van der Waals surface area contributed by atoms with Gasteiger partial charge in [0, 0.05) is 11.4 Å². The second-order valence-electron chi connectivity index (χ2n) is 6.75. The molecule has 134 valence electrons. The molecule has 6 heteroatoms. The molecule has 26 heavy (non-hydrogen) atoms. The number of carbonyl (C=O) groups is 1. The van der Waals surface area contributed by atoms with Crippen LogP contribution in [0.1, 0.15) is 40.6 Å². The van der Waals surface area contributed by atoms with E-state index in [-0.39, 0.29) is 5.56 Å². The summed E-state index contributed by atoms with van der Waals surface area (Å²) in [6.45, 7) is 2.44. The highest BCUT2D eigenvalue weighted by molar-refractivity contribution is 7.18. The highest BCUT2D eigenvalue weighted by Gasteiger charge is 2.34. The summed E-state index contributed by atoms with van der Waals surface area (Å²) >= 11 is 1.48. The van der Waals surface area contributed by atoms with Crippen LogP contribution in [-0.2, 0) is 24.2 Å². The van der Waals surface area contributed by atoms with Gasteiger partial charge in [-0.2, -0.15) is 0 Å². The first kappa shape index (κ1) is 17.0. The fourth-order valence-electron chi connectivity index (χ4n) is 3.82. The standard InChI is InChI=1S/C20H20N2O3S/c1-12-21-18-17(16-14(20(24)25)9-10-15(16)26-18)19(23)22(12)11-5-8-13-6-3-2-4-7-13/h2-4,6-7,14H,5,8-11H2,1H3,(H,24,25). The van der Waals surface area contributed by atoms with Crippen LogP contribution < -0.4 is 5.56 Å². The third kappa shape index (κ3) is 2.84. The minimum absolute atomic E-state index is 0.0915. The molecule has 0 fully saturated rings. The molecule has 0 spiro atoms. The van der Waals surface area contributed by atoms with Gasteiger partial charge in [0.25, 0.3) is 5.56 Å². The molecule has 1 aliphatic carbocycles. The molecular formula is C20H20N2O3S. The lowest BCUT2D eigenvalue weighted by molar-refractivity contribution is -0.138. The Hall–Kier alpha value is -2.47. The molecule has 3 aromatic rings. The zero-order valence-electron chi connectivity index (χ0n) is 14.6. The van der Waals surface area contributed by atoms with Crippen LogP contribution in [0.3, 0.4) is 0 Å². The zero-order chi connectivity index (χ0) is 18.3. The summed E-state index contributed by atoms with van der Waals surface area (Å²) in [4.78, 5) is 31.0. The van der Waals surface area contributed by atoms with E-state index in [0.717, 1.165) is 24.1 Å². The number of carboxylic acids is 1. The van der Waals surface area contributed by atoms with Crippen molar-refractivity contribution in [3.63, 3.8) is 0 Å². The maximum atomic E-state index is 13.1. The molecule has 4 rings (SSSR count). The summed E-state index contributed by atoms with van der Waals surface area (Å²) in [5.74, 6) is -0.727. The number of aryl methyl sites for hydroxylation is 3. The Labute approximate surface area is 154 Å². The summed E-state index contributed by atoms with van der Waals surface area (Å²) in [6, 6.07) is 10.2. The number of thiophene rings is 1. The SMILES string of the molecule is Cc1nc2sc3c(c2c(=O)n1CCCc1ccccc1)C(C(=O)O)CC3. The van der Waals surface area contributed by atoms with Crippen molar-refractivity contribution < 1.29 is 9.90 Å². The van der Waals surface area contributed by atoms with Crippen LogP contribution in [0.5, 0.6) is 0 Å². The lowest BCUT2D eigenvalue weighted by atomic mass is 10.0. The van der Waals surface area contributed by atoms with Gasteiger partial charge in [-0.05, 0) is 43.7 Å². The molecule has 2 heterocycles. The van der Waals surface area contributed by atoms with Crippen LogP contribution in [0.15, 0.2) is 35.1 Å². The van der Waals surface area contributed by atoms with Crippen LogP contribution in [0.25, 0.3) is 10.2 Å². The Morgan fingerprint density at radius 2 is 2.12 bits per heavy atom. The first-order valence-electron chi connectivity index (χ1n) is 8.85. The monoisotopic (exact) mass is 368 g/mol. The maximum absolute atomic E-state index is 13.1.